The van der Waals surface area contributed by atoms with E-state index in [1.165, 1.54) is 17.3 Å². The van der Waals surface area contributed by atoms with Gasteiger partial charge in [0.2, 0.25) is 0 Å². The fourth-order valence-electron chi connectivity index (χ4n) is 2.38. The van der Waals surface area contributed by atoms with Crippen LogP contribution in [0.4, 0.5) is 11.4 Å². The van der Waals surface area contributed by atoms with Gasteiger partial charge in [-0.05, 0) is 35.7 Å². The predicted molar refractivity (Wildman–Crippen MR) is 105 cm³/mol. The number of anilines is 2. The van der Waals surface area contributed by atoms with E-state index in [1.54, 1.807) is 0 Å². The van der Waals surface area contributed by atoms with Crippen LogP contribution in [0.5, 0.6) is 0 Å². The fraction of sp³-hybridized carbons (Fsp3) is 0.158. The summed E-state index contributed by atoms with van der Waals surface area (Å²) >= 11 is 6.98. The molecule has 0 saturated heterocycles. The highest BCUT2D eigenvalue weighted by molar-refractivity contribution is 8.03. The van der Waals surface area contributed by atoms with Gasteiger partial charge in [0.1, 0.15) is 16.6 Å². The number of para-hydroxylation sites is 1. The van der Waals surface area contributed by atoms with E-state index in [0.717, 1.165) is 21.3 Å². The van der Waals surface area contributed by atoms with Crippen molar-refractivity contribution in [1.82, 2.24) is 0 Å². The lowest BCUT2D eigenvalue weighted by Crippen LogP contribution is -2.14. The van der Waals surface area contributed by atoms with Gasteiger partial charge in [0, 0.05) is 10.6 Å². The van der Waals surface area contributed by atoms with Gasteiger partial charge in [-0.1, -0.05) is 62.1 Å². The molecule has 0 atom stereocenters. The van der Waals surface area contributed by atoms with Gasteiger partial charge in [0.05, 0.1) is 10.7 Å². The van der Waals surface area contributed by atoms with Crippen LogP contribution in [0.25, 0.3) is 0 Å². The van der Waals surface area contributed by atoms with Gasteiger partial charge in [-0.15, -0.1) is 0 Å². The van der Waals surface area contributed by atoms with Crippen LogP contribution < -0.4 is 10.6 Å². The zero-order valence-corrected chi connectivity index (χ0v) is 15.1. The Balaban J connectivity index is 1.79. The molecule has 3 rings (SSSR count). The van der Waals surface area contributed by atoms with Gasteiger partial charge in [-0.3, -0.25) is 0 Å². The number of nitriles is 1. The first-order valence-corrected chi connectivity index (χ1v) is 8.90. The van der Waals surface area contributed by atoms with Crippen LogP contribution >= 0.6 is 24.0 Å². The summed E-state index contributed by atoms with van der Waals surface area (Å²) < 4.78 is 0. The zero-order chi connectivity index (χ0) is 17.1. The third kappa shape index (κ3) is 3.45. The maximum atomic E-state index is 9.54. The second kappa shape index (κ2) is 7.08. The lowest BCUT2D eigenvalue weighted by atomic mass is 10.0. The monoisotopic (exact) mass is 351 g/mol. The Kier molecular flexibility index (Phi) is 4.89. The molecular weight excluding hydrogens is 334 g/mol. The summed E-state index contributed by atoms with van der Waals surface area (Å²) in [6.45, 7) is 4.32. The largest absolute Gasteiger partial charge is 0.348 e. The van der Waals surface area contributed by atoms with Crippen molar-refractivity contribution in [3.8, 4) is 6.07 Å². The van der Waals surface area contributed by atoms with E-state index in [-0.39, 0.29) is 0 Å². The van der Waals surface area contributed by atoms with Crippen LogP contribution in [-0.4, -0.2) is 4.99 Å². The van der Waals surface area contributed by atoms with Gasteiger partial charge < -0.3 is 10.6 Å². The summed E-state index contributed by atoms with van der Waals surface area (Å²) in [4.78, 5) is 1.53. The molecule has 0 spiro atoms. The van der Waals surface area contributed by atoms with Gasteiger partial charge in [-0.2, -0.15) is 5.26 Å². The molecule has 120 valence electrons. The van der Waals surface area contributed by atoms with Crippen LogP contribution in [-0.2, 0) is 0 Å². The Labute approximate surface area is 151 Å². The second-order valence-corrected chi connectivity index (χ2v) is 7.23. The number of thioether (sulfide) groups is 1. The average Bonchev–Trinajstić information content (AvgIpc) is 2.99. The van der Waals surface area contributed by atoms with Gasteiger partial charge in [0.25, 0.3) is 0 Å². The predicted octanol–water partition coefficient (Wildman–Crippen LogP) is 5.50. The minimum Gasteiger partial charge on any atom is -0.348 e. The Morgan fingerprint density at radius 2 is 1.88 bits per heavy atom. The Bertz CT molecular complexity index is 819. The third-order valence-corrected chi connectivity index (χ3v) is 5.14. The van der Waals surface area contributed by atoms with Crippen LogP contribution in [0.3, 0.4) is 0 Å². The number of rotatable bonds is 3. The number of fused-ring (bicyclic) bond motifs is 1. The molecule has 0 unspecified atom stereocenters. The molecule has 0 saturated carbocycles. The van der Waals surface area contributed by atoms with Crippen LogP contribution in [0.1, 0.15) is 25.3 Å². The van der Waals surface area contributed by atoms with Gasteiger partial charge in [0.15, 0.2) is 0 Å². The van der Waals surface area contributed by atoms with Crippen molar-refractivity contribution in [1.29, 1.82) is 5.26 Å². The number of hydrogen-bond acceptors (Lipinski definition) is 4. The zero-order valence-electron chi connectivity index (χ0n) is 13.5. The van der Waals surface area contributed by atoms with E-state index in [1.807, 2.05) is 36.4 Å². The Morgan fingerprint density at radius 3 is 2.50 bits per heavy atom. The van der Waals surface area contributed by atoms with Gasteiger partial charge in [-0.25, -0.2) is 0 Å². The summed E-state index contributed by atoms with van der Waals surface area (Å²) in [5.74, 6) is 0.486. The maximum Gasteiger partial charge on any atom is 0.124 e. The molecule has 1 aliphatic heterocycles. The van der Waals surface area contributed by atoms with Crippen molar-refractivity contribution in [3.63, 3.8) is 0 Å². The molecule has 0 aromatic heterocycles. The second-order valence-electron chi connectivity index (χ2n) is 5.77. The van der Waals surface area contributed by atoms with E-state index in [4.69, 9.17) is 12.2 Å². The number of hydrogen-bond donors (Lipinski definition) is 2. The fourth-order valence-corrected chi connectivity index (χ4v) is 3.72. The minimum absolute atomic E-state index is 0.428. The van der Waals surface area contributed by atoms with Crippen molar-refractivity contribution in [3.05, 3.63) is 64.7 Å². The molecule has 0 fully saturated rings. The quantitative estimate of drug-likeness (QED) is 0.434. The number of benzene rings is 2. The molecular formula is C19H17N3S2. The summed E-state index contributed by atoms with van der Waals surface area (Å²) in [7, 11) is 0. The summed E-state index contributed by atoms with van der Waals surface area (Å²) in [6.07, 6.45) is 0. The molecule has 0 bridgehead atoms. The molecule has 1 heterocycles. The molecule has 2 aromatic rings. The van der Waals surface area contributed by atoms with Crippen molar-refractivity contribution in [2.45, 2.75) is 24.7 Å². The van der Waals surface area contributed by atoms with Crippen molar-refractivity contribution < 1.29 is 0 Å². The minimum atomic E-state index is 0.428. The number of nitrogens with zero attached hydrogens (tertiary/aromatic N) is 1. The van der Waals surface area contributed by atoms with E-state index >= 15 is 0 Å². The summed E-state index contributed by atoms with van der Waals surface area (Å²) in [6, 6.07) is 18.3. The van der Waals surface area contributed by atoms with Crippen molar-refractivity contribution >= 4 is 40.3 Å². The molecule has 0 aliphatic carbocycles. The van der Waals surface area contributed by atoms with Crippen LogP contribution in [0.2, 0.25) is 0 Å². The molecule has 5 heteroatoms. The molecule has 1 aliphatic rings. The summed E-state index contributed by atoms with van der Waals surface area (Å²) in [5, 5.41) is 16.7. The third-order valence-electron chi connectivity index (χ3n) is 3.75. The molecule has 24 heavy (non-hydrogen) atoms. The normalized spacial score (nSPS) is 14.6. The lowest BCUT2D eigenvalue weighted by Gasteiger charge is -2.11. The molecule has 3 nitrogen and oxygen atoms in total. The maximum absolute atomic E-state index is 9.54. The van der Waals surface area contributed by atoms with Crippen LogP contribution in [0, 0.1) is 11.3 Å². The van der Waals surface area contributed by atoms with Crippen molar-refractivity contribution in [2.75, 3.05) is 10.6 Å². The molecule has 0 amide bonds. The first-order valence-electron chi connectivity index (χ1n) is 7.68. The molecule has 0 radical (unpaired) electrons. The average molecular weight is 352 g/mol. The Hall–Kier alpha value is -2.29. The molecule has 2 aromatic carbocycles. The first-order chi connectivity index (χ1) is 11.6. The topological polar surface area (TPSA) is 47.9 Å². The SMILES string of the molecule is CC(C)c1ccc(NC(=S)/C(C#N)=C2/Nc3ccccc3S2)cc1. The first kappa shape index (κ1) is 16.6. The highest BCUT2D eigenvalue weighted by atomic mass is 32.2. The highest BCUT2D eigenvalue weighted by Crippen LogP contribution is 2.42. The smallest absolute Gasteiger partial charge is 0.124 e. The number of nitrogens with one attached hydrogen (secondary N) is 2. The van der Waals surface area contributed by atoms with E-state index in [2.05, 4.69) is 42.7 Å². The van der Waals surface area contributed by atoms with E-state index in [9.17, 15) is 5.26 Å². The number of thiocarbonyl (C=S) groups is 1. The highest BCUT2D eigenvalue weighted by Gasteiger charge is 2.21. The molecule has 2 N–H and O–H groups in total. The Morgan fingerprint density at radius 1 is 1.17 bits per heavy atom. The lowest BCUT2D eigenvalue weighted by molar-refractivity contribution is 0.867. The van der Waals surface area contributed by atoms with Crippen LogP contribution in [0.15, 0.2) is 64.0 Å². The van der Waals surface area contributed by atoms with E-state index in [0.29, 0.717) is 16.5 Å². The standard InChI is InChI=1S/C19H17N3S2/c1-12(2)13-7-9-14(10-8-13)21-18(23)15(11-20)19-22-16-5-3-4-6-17(16)24-19/h3-10,12,22H,1-2H3,(H,21,23)/b19-15-. The van der Waals surface area contributed by atoms with Crippen molar-refractivity contribution in [2.24, 2.45) is 0 Å². The summed E-state index contributed by atoms with van der Waals surface area (Å²) in [5.41, 5.74) is 3.63. The van der Waals surface area contributed by atoms with Gasteiger partial charge >= 0.3 is 0 Å². The van der Waals surface area contributed by atoms with E-state index < -0.39 is 0 Å².